The maximum atomic E-state index is 12.2. The average molecular weight is 406 g/mol. The van der Waals surface area contributed by atoms with Crippen LogP contribution in [0.15, 0.2) is 24.3 Å². The summed E-state index contributed by atoms with van der Waals surface area (Å²) >= 11 is 1.71. The Morgan fingerprint density at radius 3 is 2.60 bits per heavy atom. The molecule has 7 heteroatoms. The van der Waals surface area contributed by atoms with E-state index in [4.69, 9.17) is 5.73 Å². The van der Waals surface area contributed by atoms with Crippen LogP contribution >= 0.6 is 36.2 Å². The Morgan fingerprint density at radius 2 is 2.00 bits per heavy atom. The molecule has 0 spiro atoms. The summed E-state index contributed by atoms with van der Waals surface area (Å²) in [4.78, 5) is 16.8. The molecule has 1 amide bonds. The van der Waals surface area contributed by atoms with E-state index in [1.165, 1.54) is 4.70 Å². The van der Waals surface area contributed by atoms with Crippen molar-refractivity contribution in [2.24, 2.45) is 11.7 Å². The van der Waals surface area contributed by atoms with Crippen LogP contribution in [0, 0.1) is 5.92 Å². The van der Waals surface area contributed by atoms with E-state index in [0.717, 1.165) is 29.8 Å². The number of hydrogen-bond donors (Lipinski definition) is 2. The first kappa shape index (κ1) is 24.1. The quantitative estimate of drug-likeness (QED) is 0.685. The molecule has 1 unspecified atom stereocenters. The summed E-state index contributed by atoms with van der Waals surface area (Å²) in [7, 11) is 0. The van der Waals surface area contributed by atoms with E-state index in [1.54, 1.807) is 11.3 Å². The zero-order valence-electron chi connectivity index (χ0n) is 15.1. The number of nitrogens with two attached hydrogens (primary N) is 1. The molecule has 2 aromatic rings. The van der Waals surface area contributed by atoms with E-state index in [0.29, 0.717) is 18.9 Å². The molecule has 0 saturated heterocycles. The van der Waals surface area contributed by atoms with Crippen LogP contribution in [-0.2, 0) is 11.2 Å². The van der Waals surface area contributed by atoms with Crippen LogP contribution in [0.2, 0.25) is 0 Å². The Hall–Kier alpha value is -0.880. The number of nitrogens with zero attached hydrogens (tertiary/aromatic N) is 1. The summed E-state index contributed by atoms with van der Waals surface area (Å²) in [6.45, 7) is 6.79. The molecule has 0 bridgehead atoms. The van der Waals surface area contributed by atoms with Gasteiger partial charge in [-0.25, -0.2) is 4.98 Å². The summed E-state index contributed by atoms with van der Waals surface area (Å²) in [6.07, 6.45) is 3.07. The third-order valence-electron chi connectivity index (χ3n) is 3.88. The van der Waals surface area contributed by atoms with Gasteiger partial charge in [-0.05, 0) is 44.2 Å². The van der Waals surface area contributed by atoms with Crippen molar-refractivity contribution in [3.05, 3.63) is 29.3 Å². The van der Waals surface area contributed by atoms with Crippen molar-refractivity contribution in [3.8, 4) is 0 Å². The third kappa shape index (κ3) is 7.48. The lowest BCUT2D eigenvalue weighted by Crippen LogP contribution is -2.52. The van der Waals surface area contributed by atoms with Gasteiger partial charge in [0.25, 0.3) is 0 Å². The lowest BCUT2D eigenvalue weighted by atomic mass is 9.90. The van der Waals surface area contributed by atoms with Crippen LogP contribution in [-0.4, -0.2) is 23.0 Å². The van der Waals surface area contributed by atoms with E-state index in [9.17, 15) is 4.79 Å². The summed E-state index contributed by atoms with van der Waals surface area (Å²) in [5.41, 5.74) is 6.58. The van der Waals surface area contributed by atoms with Crippen LogP contribution in [0.25, 0.3) is 10.2 Å². The summed E-state index contributed by atoms with van der Waals surface area (Å²) in [6, 6.07) is 8.14. The van der Waals surface area contributed by atoms with Gasteiger partial charge in [0.05, 0.1) is 15.2 Å². The molecule has 1 atom stereocenters. The van der Waals surface area contributed by atoms with Gasteiger partial charge in [0.2, 0.25) is 5.91 Å². The molecule has 0 saturated carbocycles. The number of para-hydroxylation sites is 1. The summed E-state index contributed by atoms with van der Waals surface area (Å²) < 4.78 is 1.21. The van der Waals surface area contributed by atoms with Gasteiger partial charge in [-0.3, -0.25) is 4.79 Å². The van der Waals surface area contributed by atoms with Crippen LogP contribution in [0.5, 0.6) is 0 Å². The van der Waals surface area contributed by atoms with Crippen molar-refractivity contribution in [2.75, 3.05) is 6.54 Å². The summed E-state index contributed by atoms with van der Waals surface area (Å²) in [5.74, 6) is 0.589. The molecule has 1 aromatic heterocycles. The van der Waals surface area contributed by atoms with E-state index < -0.39 is 0 Å². The first-order chi connectivity index (χ1) is 10.9. The number of aromatic nitrogens is 1. The predicted octanol–water partition coefficient (Wildman–Crippen LogP) is 4.34. The van der Waals surface area contributed by atoms with Gasteiger partial charge in [0.15, 0.2) is 0 Å². The number of halogens is 2. The molecular formula is C18H29Cl2N3OS. The molecule has 142 valence electrons. The number of amides is 1. The van der Waals surface area contributed by atoms with E-state index >= 15 is 0 Å². The average Bonchev–Trinajstić information content (AvgIpc) is 2.88. The predicted molar refractivity (Wildman–Crippen MR) is 112 cm³/mol. The van der Waals surface area contributed by atoms with Gasteiger partial charge in [0.1, 0.15) is 0 Å². The second-order valence-electron chi connectivity index (χ2n) is 6.84. The lowest BCUT2D eigenvalue weighted by Gasteiger charge is -2.31. The molecule has 25 heavy (non-hydrogen) atoms. The molecular weight excluding hydrogens is 377 g/mol. The Balaban J connectivity index is 0.00000288. The molecule has 0 radical (unpaired) electrons. The largest absolute Gasteiger partial charge is 0.350 e. The van der Waals surface area contributed by atoms with Gasteiger partial charge < -0.3 is 11.1 Å². The SMILES string of the molecule is CC(C)CC(C)(CN)NC(=O)CCCc1nc2ccccc2s1.Cl.Cl. The highest BCUT2D eigenvalue weighted by Gasteiger charge is 2.25. The van der Waals surface area contributed by atoms with Gasteiger partial charge in [-0.1, -0.05) is 26.0 Å². The number of nitrogens with one attached hydrogen (secondary N) is 1. The minimum Gasteiger partial charge on any atom is -0.350 e. The minimum absolute atomic E-state index is 0. The summed E-state index contributed by atoms with van der Waals surface area (Å²) in [5, 5.41) is 4.21. The molecule has 1 aromatic carbocycles. The molecule has 0 aliphatic rings. The number of thiazole rings is 1. The smallest absolute Gasteiger partial charge is 0.220 e. The van der Waals surface area contributed by atoms with Crippen molar-refractivity contribution in [1.82, 2.24) is 10.3 Å². The highest BCUT2D eigenvalue weighted by Crippen LogP contribution is 2.23. The number of carbonyl (C=O) groups is 1. The van der Waals surface area contributed by atoms with Gasteiger partial charge >= 0.3 is 0 Å². The lowest BCUT2D eigenvalue weighted by molar-refractivity contribution is -0.123. The van der Waals surface area contributed by atoms with Crippen molar-refractivity contribution in [2.45, 2.75) is 52.0 Å². The molecule has 4 nitrogen and oxygen atoms in total. The van der Waals surface area contributed by atoms with Crippen LogP contribution in [0.1, 0.15) is 45.0 Å². The van der Waals surface area contributed by atoms with Gasteiger partial charge in [0, 0.05) is 18.5 Å². The second-order valence-corrected chi connectivity index (χ2v) is 7.96. The molecule has 0 aliphatic heterocycles. The van der Waals surface area contributed by atoms with Gasteiger partial charge in [-0.2, -0.15) is 0 Å². The number of hydrogen-bond acceptors (Lipinski definition) is 4. The van der Waals surface area contributed by atoms with Crippen molar-refractivity contribution >= 4 is 52.3 Å². The zero-order chi connectivity index (χ0) is 16.9. The first-order valence-corrected chi connectivity index (χ1v) is 9.09. The number of carbonyl (C=O) groups excluding carboxylic acids is 1. The fourth-order valence-corrected chi connectivity index (χ4v) is 3.92. The van der Waals surface area contributed by atoms with Crippen LogP contribution in [0.4, 0.5) is 0 Å². The monoisotopic (exact) mass is 405 g/mol. The van der Waals surface area contributed by atoms with E-state index in [-0.39, 0.29) is 36.3 Å². The molecule has 2 rings (SSSR count). The van der Waals surface area contributed by atoms with Crippen LogP contribution < -0.4 is 11.1 Å². The van der Waals surface area contributed by atoms with Crippen molar-refractivity contribution in [3.63, 3.8) is 0 Å². The first-order valence-electron chi connectivity index (χ1n) is 8.27. The normalized spacial score (nSPS) is 13.0. The Kier molecular flexibility index (Phi) is 10.6. The highest BCUT2D eigenvalue weighted by atomic mass is 35.5. The number of rotatable bonds is 8. The fraction of sp³-hybridized carbons (Fsp3) is 0.556. The standard InChI is InChI=1S/C18H27N3OS.2ClH/c1-13(2)11-18(3,12-19)21-16(22)9-6-10-17-20-14-7-4-5-8-15(14)23-17;;/h4-5,7-8,13H,6,9-12,19H2,1-3H3,(H,21,22);2*1H. The molecule has 1 heterocycles. The van der Waals surface area contributed by atoms with E-state index in [2.05, 4.69) is 30.2 Å². The number of benzene rings is 1. The highest BCUT2D eigenvalue weighted by molar-refractivity contribution is 7.18. The molecule has 3 N–H and O–H groups in total. The third-order valence-corrected chi connectivity index (χ3v) is 4.98. The zero-order valence-corrected chi connectivity index (χ0v) is 17.5. The van der Waals surface area contributed by atoms with Gasteiger partial charge in [-0.15, -0.1) is 36.2 Å². The number of aryl methyl sites for hydroxylation is 1. The Labute approximate surface area is 166 Å². The maximum Gasteiger partial charge on any atom is 0.220 e. The fourth-order valence-electron chi connectivity index (χ4n) is 2.91. The maximum absolute atomic E-state index is 12.2. The van der Waals surface area contributed by atoms with Crippen LogP contribution in [0.3, 0.4) is 0 Å². The number of fused-ring (bicyclic) bond motifs is 1. The van der Waals surface area contributed by atoms with E-state index in [1.807, 2.05) is 25.1 Å². The van der Waals surface area contributed by atoms with Crippen molar-refractivity contribution < 1.29 is 4.79 Å². The molecule has 0 fully saturated rings. The Bertz CT molecular complexity index is 630. The second kappa shape index (κ2) is 11.0. The Morgan fingerprint density at radius 1 is 1.32 bits per heavy atom. The van der Waals surface area contributed by atoms with Crippen molar-refractivity contribution in [1.29, 1.82) is 0 Å². The topological polar surface area (TPSA) is 68.0 Å². The molecule has 0 aliphatic carbocycles. The minimum atomic E-state index is -0.304.